The van der Waals surface area contributed by atoms with Gasteiger partial charge in [-0.3, -0.25) is 5.10 Å². The van der Waals surface area contributed by atoms with Gasteiger partial charge in [0.15, 0.2) is 5.82 Å². The number of nitrogens with zero attached hydrogens (tertiary/aromatic N) is 3. The van der Waals surface area contributed by atoms with Gasteiger partial charge >= 0.3 is 0 Å². The van der Waals surface area contributed by atoms with Gasteiger partial charge in [0.1, 0.15) is 0 Å². The van der Waals surface area contributed by atoms with E-state index in [0.717, 1.165) is 10.7 Å². The predicted octanol–water partition coefficient (Wildman–Crippen LogP) is 3.01. The fraction of sp³-hybridized carbons (Fsp3) is 0.300. The molecule has 0 saturated carbocycles. The molecule has 0 fully saturated rings. The third-order valence-electron chi connectivity index (χ3n) is 2.04. The molecule has 0 aliphatic rings. The number of nitrogens with one attached hydrogen (secondary N) is 1. The molecule has 0 atom stereocenters. The van der Waals surface area contributed by atoms with E-state index in [9.17, 15) is 0 Å². The minimum atomic E-state index is 0.286. The average Bonchev–Trinajstić information content (AvgIpc) is 2.84. The van der Waals surface area contributed by atoms with Crippen molar-refractivity contribution >= 4 is 29.8 Å². The van der Waals surface area contributed by atoms with Crippen LogP contribution < -0.4 is 0 Å². The second-order valence-corrected chi connectivity index (χ2v) is 4.98. The van der Waals surface area contributed by atoms with E-state index >= 15 is 0 Å². The summed E-state index contributed by atoms with van der Waals surface area (Å²) in [7, 11) is 0. The molecule has 0 spiro atoms. The van der Waals surface area contributed by atoms with E-state index in [1.807, 2.05) is 17.5 Å². The molecule has 2 heterocycles. The van der Waals surface area contributed by atoms with Gasteiger partial charge in [-0.2, -0.15) is 14.9 Å². The van der Waals surface area contributed by atoms with Crippen LogP contribution in [0.25, 0.3) is 0 Å². The number of aromatic amines is 1. The summed E-state index contributed by atoms with van der Waals surface area (Å²) in [6, 6.07) is 4.00. The summed E-state index contributed by atoms with van der Waals surface area (Å²) in [4.78, 5) is 1.10. The first-order chi connectivity index (χ1) is 7.68. The SMILES string of the molecule is CC(C)c1n[nH]c(=S)n1/N=C\c1cccs1. The first-order valence-electron chi connectivity index (χ1n) is 4.93. The number of thiophene rings is 1. The maximum Gasteiger partial charge on any atom is 0.216 e. The maximum atomic E-state index is 5.12. The van der Waals surface area contributed by atoms with Gasteiger partial charge in [0.05, 0.1) is 6.21 Å². The lowest BCUT2D eigenvalue weighted by Gasteiger charge is -2.02. The van der Waals surface area contributed by atoms with Crippen molar-refractivity contribution in [3.05, 3.63) is 33.0 Å². The van der Waals surface area contributed by atoms with Crippen molar-refractivity contribution in [3.8, 4) is 0 Å². The van der Waals surface area contributed by atoms with Crippen LogP contribution in [0, 0.1) is 4.77 Å². The zero-order valence-corrected chi connectivity index (χ0v) is 10.7. The normalized spacial score (nSPS) is 11.7. The van der Waals surface area contributed by atoms with Crippen molar-refractivity contribution in [2.24, 2.45) is 5.10 Å². The Balaban J connectivity index is 2.34. The zero-order chi connectivity index (χ0) is 11.5. The molecule has 4 nitrogen and oxygen atoms in total. The molecule has 84 valence electrons. The molecule has 0 aliphatic carbocycles. The van der Waals surface area contributed by atoms with Gasteiger partial charge < -0.3 is 0 Å². The number of hydrogen-bond donors (Lipinski definition) is 1. The molecular formula is C10H12N4S2. The van der Waals surface area contributed by atoms with E-state index in [2.05, 4.69) is 29.1 Å². The Morgan fingerprint density at radius 3 is 3.06 bits per heavy atom. The smallest absolute Gasteiger partial charge is 0.216 e. The number of rotatable bonds is 3. The van der Waals surface area contributed by atoms with Crippen LogP contribution in [0.3, 0.4) is 0 Å². The van der Waals surface area contributed by atoms with Gasteiger partial charge in [-0.15, -0.1) is 11.3 Å². The standard InChI is InChI=1S/C10H12N4S2/c1-7(2)9-12-13-10(15)14(9)11-6-8-4-3-5-16-8/h3-7H,1-2H3,(H,13,15)/b11-6-. The molecule has 2 rings (SSSR count). The Morgan fingerprint density at radius 2 is 2.44 bits per heavy atom. The first-order valence-corrected chi connectivity index (χ1v) is 6.22. The fourth-order valence-electron chi connectivity index (χ4n) is 1.27. The van der Waals surface area contributed by atoms with E-state index < -0.39 is 0 Å². The highest BCUT2D eigenvalue weighted by Crippen LogP contribution is 2.12. The molecule has 2 aromatic heterocycles. The Morgan fingerprint density at radius 1 is 1.62 bits per heavy atom. The highest BCUT2D eigenvalue weighted by atomic mass is 32.1. The van der Waals surface area contributed by atoms with Crippen LogP contribution in [0.1, 0.15) is 30.5 Å². The van der Waals surface area contributed by atoms with Crippen molar-refractivity contribution in [2.75, 3.05) is 0 Å². The minimum Gasteiger partial charge on any atom is -0.250 e. The molecule has 0 bridgehead atoms. The summed E-state index contributed by atoms with van der Waals surface area (Å²) < 4.78 is 2.19. The summed E-state index contributed by atoms with van der Waals surface area (Å²) in [6.45, 7) is 4.12. The van der Waals surface area contributed by atoms with E-state index in [1.54, 1.807) is 22.2 Å². The van der Waals surface area contributed by atoms with Gasteiger partial charge in [-0.1, -0.05) is 19.9 Å². The Kier molecular flexibility index (Phi) is 3.31. The molecule has 1 N–H and O–H groups in total. The quantitative estimate of drug-likeness (QED) is 0.674. The van der Waals surface area contributed by atoms with Crippen LogP contribution in [0.5, 0.6) is 0 Å². The summed E-state index contributed by atoms with van der Waals surface area (Å²) >= 11 is 6.76. The van der Waals surface area contributed by atoms with E-state index in [4.69, 9.17) is 12.2 Å². The molecule has 0 aromatic carbocycles. The zero-order valence-electron chi connectivity index (χ0n) is 9.04. The Bertz CT molecular complexity index is 533. The topological polar surface area (TPSA) is 46.0 Å². The van der Waals surface area contributed by atoms with Gasteiger partial charge in [0.2, 0.25) is 4.77 Å². The molecule has 0 unspecified atom stereocenters. The van der Waals surface area contributed by atoms with E-state index in [-0.39, 0.29) is 5.92 Å². The molecule has 2 aromatic rings. The molecular weight excluding hydrogens is 240 g/mol. The van der Waals surface area contributed by atoms with Crippen molar-refractivity contribution < 1.29 is 0 Å². The summed E-state index contributed by atoms with van der Waals surface area (Å²) in [5.41, 5.74) is 0. The lowest BCUT2D eigenvalue weighted by Crippen LogP contribution is -2.00. The highest BCUT2D eigenvalue weighted by Gasteiger charge is 2.08. The first kappa shape index (κ1) is 11.2. The summed E-state index contributed by atoms with van der Waals surface area (Å²) in [6.07, 6.45) is 1.79. The van der Waals surface area contributed by atoms with Gasteiger partial charge in [-0.25, -0.2) is 0 Å². The fourth-order valence-corrected chi connectivity index (χ4v) is 2.03. The van der Waals surface area contributed by atoms with Gasteiger partial charge in [-0.05, 0) is 23.7 Å². The molecule has 6 heteroatoms. The molecule has 0 radical (unpaired) electrons. The monoisotopic (exact) mass is 252 g/mol. The number of H-pyrrole nitrogens is 1. The van der Waals surface area contributed by atoms with E-state index in [1.165, 1.54) is 0 Å². The third-order valence-corrected chi connectivity index (χ3v) is 3.11. The van der Waals surface area contributed by atoms with Crippen molar-refractivity contribution in [1.82, 2.24) is 14.9 Å². The molecule has 0 saturated heterocycles. The number of aromatic nitrogens is 3. The van der Waals surface area contributed by atoms with Crippen molar-refractivity contribution in [2.45, 2.75) is 19.8 Å². The van der Waals surface area contributed by atoms with Crippen LogP contribution >= 0.6 is 23.6 Å². The lowest BCUT2D eigenvalue weighted by molar-refractivity contribution is 0.695. The van der Waals surface area contributed by atoms with Crippen LogP contribution in [0.4, 0.5) is 0 Å². The summed E-state index contributed by atoms with van der Waals surface area (Å²) in [5, 5.41) is 13.3. The van der Waals surface area contributed by atoms with Gasteiger partial charge in [0.25, 0.3) is 0 Å². The van der Waals surface area contributed by atoms with E-state index in [0.29, 0.717) is 4.77 Å². The predicted molar refractivity (Wildman–Crippen MR) is 68.8 cm³/mol. The van der Waals surface area contributed by atoms with Crippen LogP contribution in [-0.4, -0.2) is 21.1 Å². The van der Waals surface area contributed by atoms with Gasteiger partial charge in [0, 0.05) is 10.8 Å². The average molecular weight is 252 g/mol. The largest absolute Gasteiger partial charge is 0.250 e. The molecule has 0 amide bonds. The second kappa shape index (κ2) is 4.71. The van der Waals surface area contributed by atoms with Crippen molar-refractivity contribution in [1.29, 1.82) is 0 Å². The Hall–Kier alpha value is -1.27. The Labute approximate surface area is 103 Å². The van der Waals surface area contributed by atoms with Crippen LogP contribution in [0.2, 0.25) is 0 Å². The maximum absolute atomic E-state index is 5.12. The van der Waals surface area contributed by atoms with Crippen LogP contribution in [-0.2, 0) is 0 Å². The lowest BCUT2D eigenvalue weighted by atomic mass is 10.2. The highest BCUT2D eigenvalue weighted by molar-refractivity contribution is 7.71. The molecule has 0 aliphatic heterocycles. The second-order valence-electron chi connectivity index (χ2n) is 3.61. The molecule has 16 heavy (non-hydrogen) atoms. The number of hydrogen-bond acceptors (Lipinski definition) is 4. The third kappa shape index (κ3) is 2.28. The van der Waals surface area contributed by atoms with Crippen molar-refractivity contribution in [3.63, 3.8) is 0 Å². The van der Waals surface area contributed by atoms with Crippen LogP contribution in [0.15, 0.2) is 22.6 Å². The summed E-state index contributed by atoms with van der Waals surface area (Å²) in [5.74, 6) is 1.13. The minimum absolute atomic E-state index is 0.286.